The standard InChI is InChI=1S/C15H21IN4O/c16-13-6-2-1-4-11(13)9-19-15(8-14(18)21)20-7-3-5-12(17)10-20/h1-2,4,6,8,12,19H,3,5,7,9-10,17H2,(H2,18,21)/b15-8+/t12-/m1/s1. The second kappa shape index (κ2) is 7.65. The number of carbonyl (C=O) groups is 1. The van der Waals surface area contributed by atoms with Crippen molar-refractivity contribution in [3.05, 3.63) is 45.3 Å². The second-order valence-electron chi connectivity index (χ2n) is 5.23. The maximum atomic E-state index is 11.3. The van der Waals surface area contributed by atoms with E-state index < -0.39 is 5.91 Å². The molecule has 0 aromatic heterocycles. The molecular formula is C15H21IN4O. The number of piperidine rings is 1. The van der Waals surface area contributed by atoms with Crippen molar-refractivity contribution in [3.63, 3.8) is 0 Å². The molecule has 6 heteroatoms. The molecule has 5 nitrogen and oxygen atoms in total. The number of rotatable bonds is 5. The van der Waals surface area contributed by atoms with E-state index in [2.05, 4.69) is 44.9 Å². The first-order chi connectivity index (χ1) is 10.1. The van der Waals surface area contributed by atoms with Gasteiger partial charge in [-0.15, -0.1) is 0 Å². The summed E-state index contributed by atoms with van der Waals surface area (Å²) >= 11 is 2.31. The van der Waals surface area contributed by atoms with Crippen molar-refractivity contribution in [2.75, 3.05) is 13.1 Å². The molecular weight excluding hydrogens is 379 g/mol. The van der Waals surface area contributed by atoms with Gasteiger partial charge in [0.05, 0.1) is 0 Å². The number of likely N-dealkylation sites (tertiary alicyclic amines) is 1. The summed E-state index contributed by atoms with van der Waals surface area (Å²) in [4.78, 5) is 13.4. The molecule has 0 spiro atoms. The van der Waals surface area contributed by atoms with Gasteiger partial charge in [-0.05, 0) is 47.1 Å². The molecule has 1 aromatic rings. The SMILES string of the molecule is NC(=O)/C=C(\NCc1ccccc1I)N1CCC[C@@H](N)C1. The number of nitrogens with two attached hydrogens (primary N) is 2. The molecule has 21 heavy (non-hydrogen) atoms. The Kier molecular flexibility index (Phi) is 5.86. The molecule has 1 atom stereocenters. The molecule has 1 saturated heterocycles. The van der Waals surface area contributed by atoms with Crippen molar-refractivity contribution in [2.45, 2.75) is 25.4 Å². The lowest BCUT2D eigenvalue weighted by Crippen LogP contribution is -2.45. The van der Waals surface area contributed by atoms with Gasteiger partial charge in [0.15, 0.2) is 0 Å². The van der Waals surface area contributed by atoms with Crippen LogP contribution in [0.4, 0.5) is 0 Å². The van der Waals surface area contributed by atoms with Crippen LogP contribution in [-0.4, -0.2) is 29.9 Å². The predicted molar refractivity (Wildman–Crippen MR) is 92.1 cm³/mol. The number of nitrogens with zero attached hydrogens (tertiary/aromatic N) is 1. The van der Waals surface area contributed by atoms with Crippen molar-refractivity contribution < 1.29 is 4.79 Å². The van der Waals surface area contributed by atoms with E-state index in [-0.39, 0.29) is 6.04 Å². The topological polar surface area (TPSA) is 84.4 Å². The molecule has 1 aliphatic heterocycles. The lowest BCUT2D eigenvalue weighted by molar-refractivity contribution is -0.113. The highest BCUT2D eigenvalue weighted by molar-refractivity contribution is 14.1. The zero-order chi connectivity index (χ0) is 15.2. The zero-order valence-electron chi connectivity index (χ0n) is 11.9. The molecule has 2 rings (SSSR count). The fourth-order valence-electron chi connectivity index (χ4n) is 2.45. The van der Waals surface area contributed by atoms with Gasteiger partial charge < -0.3 is 21.7 Å². The fraction of sp³-hybridized carbons (Fsp3) is 0.400. The number of benzene rings is 1. The Bertz CT molecular complexity index is 532. The summed E-state index contributed by atoms with van der Waals surface area (Å²) in [6, 6.07) is 8.29. The molecule has 0 unspecified atom stereocenters. The van der Waals surface area contributed by atoms with E-state index in [0.29, 0.717) is 6.54 Å². The van der Waals surface area contributed by atoms with Crippen LogP contribution in [0.1, 0.15) is 18.4 Å². The Morgan fingerprint density at radius 1 is 1.48 bits per heavy atom. The Morgan fingerprint density at radius 3 is 2.90 bits per heavy atom. The second-order valence-corrected chi connectivity index (χ2v) is 6.39. The molecule has 1 heterocycles. The molecule has 0 radical (unpaired) electrons. The number of nitrogens with one attached hydrogen (secondary N) is 1. The first-order valence-corrected chi connectivity index (χ1v) is 8.13. The zero-order valence-corrected chi connectivity index (χ0v) is 14.0. The molecule has 0 saturated carbocycles. The summed E-state index contributed by atoms with van der Waals surface area (Å²) in [5.74, 6) is 0.316. The lowest BCUT2D eigenvalue weighted by atomic mass is 10.1. The number of primary amides is 1. The normalized spacial score (nSPS) is 19.4. The minimum Gasteiger partial charge on any atom is -0.367 e. The van der Waals surface area contributed by atoms with Crippen LogP contribution in [0.25, 0.3) is 0 Å². The average molecular weight is 400 g/mol. The van der Waals surface area contributed by atoms with Crippen LogP contribution < -0.4 is 16.8 Å². The first kappa shape index (κ1) is 16.1. The fourth-order valence-corrected chi connectivity index (χ4v) is 3.02. The van der Waals surface area contributed by atoms with E-state index in [0.717, 1.165) is 31.8 Å². The summed E-state index contributed by atoms with van der Waals surface area (Å²) in [5.41, 5.74) is 12.5. The van der Waals surface area contributed by atoms with Crippen molar-refractivity contribution in [1.82, 2.24) is 10.2 Å². The smallest absolute Gasteiger partial charge is 0.245 e. The van der Waals surface area contributed by atoms with Gasteiger partial charge in [-0.1, -0.05) is 18.2 Å². The third-order valence-corrected chi connectivity index (χ3v) is 4.55. The number of halogens is 1. The van der Waals surface area contributed by atoms with E-state index >= 15 is 0 Å². The Hall–Kier alpha value is -1.28. The third-order valence-electron chi connectivity index (χ3n) is 3.50. The van der Waals surface area contributed by atoms with Crippen molar-refractivity contribution in [3.8, 4) is 0 Å². The first-order valence-electron chi connectivity index (χ1n) is 7.05. The third kappa shape index (κ3) is 4.89. The van der Waals surface area contributed by atoms with Gasteiger partial charge >= 0.3 is 0 Å². The maximum Gasteiger partial charge on any atom is 0.245 e. The van der Waals surface area contributed by atoms with E-state index in [4.69, 9.17) is 11.5 Å². The highest BCUT2D eigenvalue weighted by atomic mass is 127. The van der Waals surface area contributed by atoms with Gasteiger partial charge in [-0.3, -0.25) is 4.79 Å². The molecule has 1 fully saturated rings. The van der Waals surface area contributed by atoms with Crippen LogP contribution in [0.2, 0.25) is 0 Å². The summed E-state index contributed by atoms with van der Waals surface area (Å²) in [5, 5.41) is 3.32. The highest BCUT2D eigenvalue weighted by Gasteiger charge is 2.19. The summed E-state index contributed by atoms with van der Waals surface area (Å²) < 4.78 is 1.19. The van der Waals surface area contributed by atoms with Crippen molar-refractivity contribution in [1.29, 1.82) is 0 Å². The van der Waals surface area contributed by atoms with E-state index in [1.54, 1.807) is 0 Å². The molecule has 5 N–H and O–H groups in total. The van der Waals surface area contributed by atoms with Crippen LogP contribution >= 0.6 is 22.6 Å². The van der Waals surface area contributed by atoms with Crippen molar-refractivity contribution >= 4 is 28.5 Å². The van der Waals surface area contributed by atoms with Crippen LogP contribution in [0.3, 0.4) is 0 Å². The average Bonchev–Trinajstić information content (AvgIpc) is 2.44. The van der Waals surface area contributed by atoms with E-state index in [1.165, 1.54) is 15.2 Å². The monoisotopic (exact) mass is 400 g/mol. The Labute approximate surface area is 138 Å². The largest absolute Gasteiger partial charge is 0.367 e. The van der Waals surface area contributed by atoms with Crippen LogP contribution in [0.15, 0.2) is 36.2 Å². The van der Waals surface area contributed by atoms with Gasteiger partial charge in [0.25, 0.3) is 0 Å². The van der Waals surface area contributed by atoms with Gasteiger partial charge in [-0.25, -0.2) is 0 Å². The number of hydrogen-bond donors (Lipinski definition) is 3. The Balaban J connectivity index is 2.07. The summed E-state index contributed by atoms with van der Waals surface area (Å²) in [7, 11) is 0. The van der Waals surface area contributed by atoms with Crippen LogP contribution in [0, 0.1) is 3.57 Å². The summed E-state index contributed by atoms with van der Waals surface area (Å²) in [6.45, 7) is 2.30. The molecule has 1 amide bonds. The minimum absolute atomic E-state index is 0.147. The number of hydrogen-bond acceptors (Lipinski definition) is 4. The van der Waals surface area contributed by atoms with Gasteiger partial charge in [0.2, 0.25) is 5.91 Å². The lowest BCUT2D eigenvalue weighted by Gasteiger charge is -2.34. The van der Waals surface area contributed by atoms with Crippen LogP contribution in [-0.2, 0) is 11.3 Å². The Morgan fingerprint density at radius 2 is 2.24 bits per heavy atom. The van der Waals surface area contributed by atoms with Gasteiger partial charge in [-0.2, -0.15) is 0 Å². The van der Waals surface area contributed by atoms with Gasteiger partial charge in [0.1, 0.15) is 5.82 Å². The minimum atomic E-state index is -0.445. The van der Waals surface area contributed by atoms with Gasteiger partial charge in [0, 0.05) is 35.3 Å². The van der Waals surface area contributed by atoms with E-state index in [1.807, 2.05) is 12.1 Å². The molecule has 0 bridgehead atoms. The number of amides is 1. The molecule has 114 valence electrons. The number of carbonyl (C=O) groups excluding carboxylic acids is 1. The van der Waals surface area contributed by atoms with Crippen molar-refractivity contribution in [2.24, 2.45) is 11.5 Å². The van der Waals surface area contributed by atoms with Crippen LogP contribution in [0.5, 0.6) is 0 Å². The summed E-state index contributed by atoms with van der Waals surface area (Å²) in [6.07, 6.45) is 3.51. The molecule has 0 aliphatic carbocycles. The molecule has 1 aliphatic rings. The predicted octanol–water partition coefficient (Wildman–Crippen LogP) is 1.13. The quantitative estimate of drug-likeness (QED) is 0.511. The van der Waals surface area contributed by atoms with E-state index in [9.17, 15) is 4.79 Å². The highest BCUT2D eigenvalue weighted by Crippen LogP contribution is 2.15. The maximum absolute atomic E-state index is 11.3. The molecule has 1 aromatic carbocycles.